The molecule has 1 N–H and O–H groups in total. The van der Waals surface area contributed by atoms with Crippen LogP contribution in [0.4, 0.5) is 9.18 Å². The van der Waals surface area contributed by atoms with E-state index >= 15 is 0 Å². The van der Waals surface area contributed by atoms with Crippen molar-refractivity contribution in [2.24, 2.45) is 0 Å². The molecular formula is C23H26FN5O3. The minimum Gasteiger partial charge on any atom is -0.495 e. The van der Waals surface area contributed by atoms with Crippen molar-refractivity contribution in [2.75, 3.05) is 7.04 Å². The summed E-state index contributed by atoms with van der Waals surface area (Å²) in [7, 11) is -2.60. The van der Waals surface area contributed by atoms with Crippen LogP contribution in [0.5, 0.6) is 5.75 Å². The van der Waals surface area contributed by atoms with Gasteiger partial charge in [-0.1, -0.05) is 12.1 Å². The second-order valence-electron chi connectivity index (χ2n) is 8.66. The van der Waals surface area contributed by atoms with Crippen LogP contribution in [-0.4, -0.2) is 44.5 Å². The Balaban J connectivity index is 1.59. The van der Waals surface area contributed by atoms with Gasteiger partial charge in [-0.15, -0.1) is 10.2 Å². The van der Waals surface area contributed by atoms with E-state index in [0.29, 0.717) is 30.2 Å². The number of hydrogen-bond acceptors (Lipinski definition) is 6. The van der Waals surface area contributed by atoms with Gasteiger partial charge >= 0.3 is 6.09 Å². The van der Waals surface area contributed by atoms with E-state index in [1.54, 1.807) is 49.6 Å². The molecule has 4 rings (SSSR count). The van der Waals surface area contributed by atoms with E-state index in [1.807, 2.05) is 0 Å². The number of benzene rings is 1. The highest BCUT2D eigenvalue weighted by atomic mass is 19.1. The fourth-order valence-corrected chi connectivity index (χ4v) is 3.59. The largest absolute Gasteiger partial charge is 0.495 e. The van der Waals surface area contributed by atoms with Crippen molar-refractivity contribution in [1.82, 2.24) is 25.1 Å². The summed E-state index contributed by atoms with van der Waals surface area (Å²) >= 11 is 0. The van der Waals surface area contributed by atoms with Crippen LogP contribution in [0.2, 0.25) is 0 Å². The monoisotopic (exact) mass is 442 g/mol. The van der Waals surface area contributed by atoms with E-state index < -0.39 is 24.5 Å². The molecule has 2 aromatic heterocycles. The van der Waals surface area contributed by atoms with Crippen LogP contribution in [0.3, 0.4) is 0 Å². The van der Waals surface area contributed by atoms with Crippen LogP contribution in [0, 0.1) is 5.82 Å². The number of carbonyl (C=O) groups is 1. The Morgan fingerprint density at radius 1 is 1.22 bits per heavy atom. The van der Waals surface area contributed by atoms with Crippen LogP contribution in [0.15, 0.2) is 42.6 Å². The summed E-state index contributed by atoms with van der Waals surface area (Å²) in [4.78, 5) is 16.3. The molecule has 1 fully saturated rings. The number of aromatic nitrogens is 4. The minimum atomic E-state index is -2.60. The molecule has 1 aromatic carbocycles. The topological polar surface area (TPSA) is 91.2 Å². The lowest BCUT2D eigenvalue weighted by atomic mass is 9.79. The van der Waals surface area contributed by atoms with Crippen LogP contribution < -0.4 is 10.1 Å². The van der Waals surface area contributed by atoms with Crippen LogP contribution >= 0.6 is 0 Å². The van der Waals surface area contributed by atoms with E-state index in [4.69, 9.17) is 13.6 Å². The van der Waals surface area contributed by atoms with E-state index in [1.165, 1.54) is 18.3 Å². The Bertz CT molecular complexity index is 1200. The molecule has 0 spiro atoms. The molecule has 0 aliphatic heterocycles. The second-order valence-corrected chi connectivity index (χ2v) is 8.66. The highest BCUT2D eigenvalue weighted by Crippen LogP contribution is 2.39. The van der Waals surface area contributed by atoms with Gasteiger partial charge in [-0.05, 0) is 57.9 Å². The summed E-state index contributed by atoms with van der Waals surface area (Å²) in [5.41, 5.74) is 0.0350. The van der Waals surface area contributed by atoms with Crippen LogP contribution in [0.25, 0.3) is 17.2 Å². The molecule has 1 aliphatic carbocycles. The lowest BCUT2D eigenvalue weighted by Crippen LogP contribution is -2.45. The van der Waals surface area contributed by atoms with E-state index in [-0.39, 0.29) is 23.4 Å². The maximum Gasteiger partial charge on any atom is 0.407 e. The fourth-order valence-electron chi connectivity index (χ4n) is 3.59. The Labute approximate surface area is 190 Å². The van der Waals surface area contributed by atoms with Crippen molar-refractivity contribution in [3.8, 4) is 23.0 Å². The standard InChI is InChI=1S/C23H26FN5O3/c1-23(2,3)32-22(30)26-15-11-14(12-15)20-27-28-21(18-10-9-16(31-4)13-25-18)29(20)19-8-6-5-7-17(19)24/h5-10,13-15H,11-12H2,1-4H3,(H,26,30)/i4D3. The molecule has 3 aromatic rings. The van der Waals surface area contributed by atoms with E-state index in [0.717, 1.165) is 0 Å². The number of alkyl carbamates (subject to hydrolysis) is 1. The first-order valence-corrected chi connectivity index (χ1v) is 10.2. The zero-order valence-electron chi connectivity index (χ0n) is 21.0. The smallest absolute Gasteiger partial charge is 0.407 e. The molecule has 8 nitrogen and oxygen atoms in total. The number of amides is 1. The summed E-state index contributed by atoms with van der Waals surface area (Å²) in [6.07, 6.45) is 1.96. The number of nitrogens with zero attached hydrogens (tertiary/aromatic N) is 4. The molecule has 0 bridgehead atoms. The molecule has 1 aliphatic rings. The number of rotatable bonds is 5. The minimum absolute atomic E-state index is 0.0704. The highest BCUT2D eigenvalue weighted by Gasteiger charge is 2.37. The number of ether oxygens (including phenoxy) is 2. The molecule has 168 valence electrons. The molecule has 1 saturated carbocycles. The summed E-state index contributed by atoms with van der Waals surface area (Å²) in [5.74, 6) is 0.376. The van der Waals surface area contributed by atoms with Gasteiger partial charge in [0.05, 0.1) is 23.0 Å². The average Bonchev–Trinajstić information content (AvgIpc) is 3.13. The fraction of sp³-hybridized carbons (Fsp3) is 0.391. The zero-order chi connectivity index (χ0) is 25.4. The maximum absolute atomic E-state index is 14.8. The van der Waals surface area contributed by atoms with Gasteiger partial charge in [-0.25, -0.2) is 14.2 Å². The quantitative estimate of drug-likeness (QED) is 0.635. The van der Waals surface area contributed by atoms with Crippen molar-refractivity contribution in [3.63, 3.8) is 0 Å². The Hall–Kier alpha value is -3.49. The molecular weight excluding hydrogens is 413 g/mol. The predicted molar refractivity (Wildman–Crippen MR) is 116 cm³/mol. The third-order valence-electron chi connectivity index (χ3n) is 5.09. The first kappa shape index (κ1) is 18.1. The molecule has 9 heteroatoms. The van der Waals surface area contributed by atoms with Gasteiger partial charge in [-0.3, -0.25) is 4.57 Å². The Kier molecular flexibility index (Phi) is 4.85. The number of carbonyl (C=O) groups excluding carboxylic acids is 1. The summed E-state index contributed by atoms with van der Waals surface area (Å²) in [5, 5.41) is 11.4. The molecule has 2 heterocycles. The molecule has 1 amide bonds. The number of halogens is 1. The highest BCUT2D eigenvalue weighted by molar-refractivity contribution is 5.68. The number of para-hydroxylation sites is 1. The Morgan fingerprint density at radius 2 is 2.00 bits per heavy atom. The first-order valence-electron chi connectivity index (χ1n) is 11.7. The normalized spacial score (nSPS) is 19.8. The molecule has 0 saturated heterocycles. The van der Waals surface area contributed by atoms with Gasteiger partial charge in [-0.2, -0.15) is 0 Å². The number of pyridine rings is 1. The van der Waals surface area contributed by atoms with Crippen LogP contribution in [0.1, 0.15) is 49.5 Å². The zero-order valence-corrected chi connectivity index (χ0v) is 18.0. The van der Waals surface area contributed by atoms with Crippen molar-refractivity contribution >= 4 is 6.09 Å². The average molecular weight is 443 g/mol. The lowest BCUT2D eigenvalue weighted by Gasteiger charge is -2.35. The SMILES string of the molecule is [2H]C([2H])([2H])Oc1ccc(-c2nnc(C3CC(NC(=O)OC(C)(C)C)C3)n2-c2ccccc2F)nc1. The van der Waals surface area contributed by atoms with Gasteiger partial charge in [0.1, 0.15) is 28.7 Å². The van der Waals surface area contributed by atoms with Crippen molar-refractivity contribution < 1.29 is 22.8 Å². The third kappa shape index (κ3) is 4.56. The Morgan fingerprint density at radius 3 is 2.66 bits per heavy atom. The summed E-state index contributed by atoms with van der Waals surface area (Å²) in [6, 6.07) is 9.16. The maximum atomic E-state index is 14.8. The van der Waals surface area contributed by atoms with Gasteiger partial charge in [0.15, 0.2) is 5.82 Å². The second kappa shape index (κ2) is 8.57. The third-order valence-corrected chi connectivity index (χ3v) is 5.09. The van der Waals surface area contributed by atoms with E-state index in [2.05, 4.69) is 20.5 Å². The first-order chi connectivity index (χ1) is 16.4. The lowest BCUT2D eigenvalue weighted by molar-refractivity contribution is 0.0469. The predicted octanol–water partition coefficient (Wildman–Crippen LogP) is 4.25. The van der Waals surface area contributed by atoms with Crippen molar-refractivity contribution in [2.45, 2.75) is 51.2 Å². The molecule has 0 radical (unpaired) electrons. The van der Waals surface area contributed by atoms with Crippen molar-refractivity contribution in [1.29, 1.82) is 0 Å². The van der Waals surface area contributed by atoms with Gasteiger partial charge in [0.25, 0.3) is 0 Å². The van der Waals surface area contributed by atoms with E-state index in [9.17, 15) is 9.18 Å². The number of methoxy groups -OCH3 is 1. The molecule has 32 heavy (non-hydrogen) atoms. The number of nitrogens with one attached hydrogen (secondary N) is 1. The number of hydrogen-bond donors (Lipinski definition) is 1. The summed E-state index contributed by atoms with van der Waals surface area (Å²) in [6.45, 7) is 5.39. The van der Waals surface area contributed by atoms with Gasteiger partial charge in [0, 0.05) is 12.0 Å². The van der Waals surface area contributed by atoms with Crippen LogP contribution in [-0.2, 0) is 4.74 Å². The van der Waals surface area contributed by atoms with Gasteiger partial charge < -0.3 is 14.8 Å². The molecule has 0 unspecified atom stereocenters. The summed E-state index contributed by atoms with van der Waals surface area (Å²) < 4.78 is 48.2. The van der Waals surface area contributed by atoms with Crippen molar-refractivity contribution in [3.05, 3.63) is 54.2 Å². The molecule has 0 atom stereocenters. The van der Waals surface area contributed by atoms with Gasteiger partial charge in [0.2, 0.25) is 0 Å².